The monoisotopic (exact) mass is 609 g/mol. The van der Waals surface area contributed by atoms with Gasteiger partial charge >= 0.3 is 5.69 Å². The molecule has 1 saturated heterocycles. The lowest BCUT2D eigenvalue weighted by Crippen LogP contribution is -2.46. The van der Waals surface area contributed by atoms with E-state index in [-0.39, 0.29) is 5.69 Å². The topological polar surface area (TPSA) is 75.0 Å². The Morgan fingerprint density at radius 2 is 1.66 bits per heavy atom. The number of benzene rings is 3. The third-order valence-corrected chi connectivity index (χ3v) is 8.86. The smallest absolute Gasteiger partial charge is 0.350 e. The zero-order chi connectivity index (χ0) is 30.5. The van der Waals surface area contributed by atoms with Gasteiger partial charge in [-0.1, -0.05) is 66.2 Å². The van der Waals surface area contributed by atoms with E-state index in [1.54, 1.807) is 15.3 Å². The van der Waals surface area contributed by atoms with Gasteiger partial charge in [0.15, 0.2) is 5.65 Å². The Labute approximate surface area is 263 Å². The van der Waals surface area contributed by atoms with E-state index in [4.69, 9.17) is 17.3 Å². The molecule has 1 fully saturated rings. The van der Waals surface area contributed by atoms with Gasteiger partial charge in [0.05, 0.1) is 0 Å². The maximum absolute atomic E-state index is 12.3. The summed E-state index contributed by atoms with van der Waals surface area (Å²) >= 11 is 6.09. The maximum atomic E-state index is 12.3. The molecule has 2 aromatic heterocycles. The highest BCUT2D eigenvalue weighted by molar-refractivity contribution is 6.30. The van der Waals surface area contributed by atoms with E-state index >= 15 is 0 Å². The summed E-state index contributed by atoms with van der Waals surface area (Å²) < 4.78 is 3.15. The third-order valence-electron chi connectivity index (χ3n) is 8.63. The second-order valence-electron chi connectivity index (χ2n) is 11.7. The number of likely N-dealkylation sites (N-methyl/N-ethyl adjacent to an activating group) is 1. The molecule has 3 aromatic carbocycles. The van der Waals surface area contributed by atoms with Crippen molar-refractivity contribution in [2.75, 3.05) is 56.9 Å². The number of rotatable bonds is 6. The van der Waals surface area contributed by atoms with Crippen LogP contribution in [0.5, 0.6) is 0 Å². The average molecular weight is 610 g/mol. The van der Waals surface area contributed by atoms with Gasteiger partial charge in [-0.3, -0.25) is 9.30 Å². The number of nitrogens with zero attached hydrogens (tertiary/aromatic N) is 6. The van der Waals surface area contributed by atoms with Crippen LogP contribution in [-0.2, 0) is 13.1 Å². The first kappa shape index (κ1) is 29.9. The molecule has 228 valence electrons. The molecule has 0 amide bonds. The number of piperazine rings is 1. The first-order chi connectivity index (χ1) is 21.5. The van der Waals surface area contributed by atoms with Crippen LogP contribution in [0.4, 0.5) is 11.4 Å². The van der Waals surface area contributed by atoms with Gasteiger partial charge in [0.25, 0.3) is 0 Å². The molecule has 2 aliphatic rings. The summed E-state index contributed by atoms with van der Waals surface area (Å²) in [6, 6.07) is 30.6. The molecule has 0 radical (unpaired) electrons. The zero-order valence-corrected chi connectivity index (χ0v) is 26.0. The second-order valence-corrected chi connectivity index (χ2v) is 12.1. The van der Waals surface area contributed by atoms with E-state index in [9.17, 15) is 4.79 Å². The standard InChI is InChI=1S/C19H22ClN5O.C16H18N2/c20-16-5-3-6-17(15-16)23-13-11-22(12-14-23)8-4-10-25-19(26)24-9-2-1-7-18(24)21-25;1-18-10-14(12-6-3-2-4-7-12)13-8-5-9-16(17)15(13)11-18/h1-3,5-7,9,15H,4,8,10-14H2;2-9,14H,10-11,17H2,1H3. The number of aromatic nitrogens is 3. The lowest BCUT2D eigenvalue weighted by molar-refractivity contribution is 0.248. The highest BCUT2D eigenvalue weighted by Crippen LogP contribution is 2.35. The molecular formula is C35H40ClN7O. The van der Waals surface area contributed by atoms with E-state index in [0.717, 1.165) is 62.9 Å². The molecule has 44 heavy (non-hydrogen) atoms. The number of fused-ring (bicyclic) bond motifs is 2. The van der Waals surface area contributed by atoms with Crippen molar-refractivity contribution in [1.29, 1.82) is 0 Å². The van der Waals surface area contributed by atoms with Crippen LogP contribution in [-0.4, -0.2) is 70.3 Å². The molecule has 9 heteroatoms. The average Bonchev–Trinajstić information content (AvgIpc) is 3.37. The van der Waals surface area contributed by atoms with E-state index in [1.807, 2.05) is 42.5 Å². The van der Waals surface area contributed by atoms with E-state index in [1.165, 1.54) is 22.4 Å². The van der Waals surface area contributed by atoms with Crippen LogP contribution in [0, 0.1) is 0 Å². The molecule has 0 aliphatic carbocycles. The van der Waals surface area contributed by atoms with Crippen molar-refractivity contribution in [3.8, 4) is 0 Å². The summed E-state index contributed by atoms with van der Waals surface area (Å²) in [7, 11) is 2.16. The predicted molar refractivity (Wildman–Crippen MR) is 180 cm³/mol. The van der Waals surface area contributed by atoms with Gasteiger partial charge in [-0.05, 0) is 66.6 Å². The minimum atomic E-state index is -0.0635. The summed E-state index contributed by atoms with van der Waals surface area (Å²) in [6.45, 7) is 7.66. The second kappa shape index (κ2) is 13.7. The predicted octanol–water partition coefficient (Wildman–Crippen LogP) is 5.21. The molecule has 4 heterocycles. The molecule has 2 aliphatic heterocycles. The Morgan fingerprint density at radius 1 is 0.886 bits per heavy atom. The van der Waals surface area contributed by atoms with Crippen LogP contribution >= 0.6 is 11.6 Å². The Morgan fingerprint density at radius 3 is 2.43 bits per heavy atom. The van der Waals surface area contributed by atoms with E-state index in [2.05, 4.69) is 75.4 Å². The Kier molecular flexibility index (Phi) is 9.31. The highest BCUT2D eigenvalue weighted by atomic mass is 35.5. The molecule has 1 unspecified atom stereocenters. The number of hydrogen-bond donors (Lipinski definition) is 1. The molecule has 0 spiro atoms. The van der Waals surface area contributed by atoms with Crippen molar-refractivity contribution in [2.45, 2.75) is 25.4 Å². The first-order valence-corrected chi connectivity index (χ1v) is 15.7. The van der Waals surface area contributed by atoms with Gasteiger partial charge in [0, 0.05) is 80.9 Å². The van der Waals surface area contributed by atoms with Gasteiger partial charge in [-0.25, -0.2) is 9.48 Å². The number of halogens is 1. The number of pyridine rings is 1. The van der Waals surface area contributed by atoms with Crippen LogP contribution in [0.15, 0.2) is 102 Å². The zero-order valence-electron chi connectivity index (χ0n) is 25.2. The number of nitrogen functional groups attached to an aromatic ring is 1. The molecule has 1 atom stereocenters. The van der Waals surface area contributed by atoms with Crippen molar-refractivity contribution in [1.82, 2.24) is 24.0 Å². The van der Waals surface area contributed by atoms with Crippen LogP contribution in [0.3, 0.4) is 0 Å². The fraction of sp³-hybridized carbons (Fsp3) is 0.314. The lowest BCUT2D eigenvalue weighted by Gasteiger charge is -2.36. The van der Waals surface area contributed by atoms with Gasteiger partial charge in [0.2, 0.25) is 0 Å². The van der Waals surface area contributed by atoms with Crippen molar-refractivity contribution < 1.29 is 0 Å². The summed E-state index contributed by atoms with van der Waals surface area (Å²) in [5.41, 5.74) is 12.9. The minimum Gasteiger partial charge on any atom is -0.398 e. The van der Waals surface area contributed by atoms with Crippen molar-refractivity contribution in [3.63, 3.8) is 0 Å². The molecular weight excluding hydrogens is 570 g/mol. The normalized spacial score (nSPS) is 17.2. The first-order valence-electron chi connectivity index (χ1n) is 15.3. The molecule has 8 nitrogen and oxygen atoms in total. The molecule has 0 bridgehead atoms. The quantitative estimate of drug-likeness (QED) is 0.267. The van der Waals surface area contributed by atoms with Crippen LogP contribution in [0.25, 0.3) is 5.65 Å². The summed E-state index contributed by atoms with van der Waals surface area (Å²) in [4.78, 5) is 19.4. The number of nitrogens with two attached hydrogens (primary N) is 1. The van der Waals surface area contributed by atoms with Crippen LogP contribution < -0.4 is 16.3 Å². The fourth-order valence-electron chi connectivity index (χ4n) is 6.31. The van der Waals surface area contributed by atoms with Gasteiger partial charge < -0.3 is 15.5 Å². The number of aryl methyl sites for hydroxylation is 1. The molecule has 0 saturated carbocycles. The summed E-state index contributed by atoms with van der Waals surface area (Å²) in [6.07, 6.45) is 2.68. The van der Waals surface area contributed by atoms with E-state index in [0.29, 0.717) is 18.1 Å². The lowest BCUT2D eigenvalue weighted by atomic mass is 9.84. The molecule has 5 aromatic rings. The minimum absolute atomic E-state index is 0.0635. The Balaban J connectivity index is 0.000000167. The molecule has 2 N–H and O–H groups in total. The van der Waals surface area contributed by atoms with Crippen LogP contribution in [0.1, 0.15) is 29.0 Å². The molecule has 7 rings (SSSR count). The van der Waals surface area contributed by atoms with Crippen LogP contribution in [0.2, 0.25) is 5.02 Å². The van der Waals surface area contributed by atoms with Gasteiger partial charge in [-0.2, -0.15) is 0 Å². The summed E-state index contributed by atoms with van der Waals surface area (Å²) in [5.74, 6) is 0.434. The van der Waals surface area contributed by atoms with Gasteiger partial charge in [0.1, 0.15) is 0 Å². The van der Waals surface area contributed by atoms with Crippen molar-refractivity contribution in [2.24, 2.45) is 0 Å². The van der Waals surface area contributed by atoms with Crippen molar-refractivity contribution >= 4 is 28.6 Å². The Bertz CT molecular complexity index is 1740. The van der Waals surface area contributed by atoms with Crippen molar-refractivity contribution in [3.05, 3.63) is 129 Å². The SMILES string of the molecule is CN1Cc2c(N)cccc2C(c2ccccc2)C1.O=c1n(CCCN2CCN(c3cccc(Cl)c3)CC2)nc2ccccn12. The number of hydrogen-bond acceptors (Lipinski definition) is 6. The Hall–Kier alpha value is -4.11. The third kappa shape index (κ3) is 6.83. The van der Waals surface area contributed by atoms with E-state index < -0.39 is 0 Å². The van der Waals surface area contributed by atoms with Gasteiger partial charge in [-0.15, -0.1) is 5.10 Å². The largest absolute Gasteiger partial charge is 0.398 e. The fourth-order valence-corrected chi connectivity index (χ4v) is 6.49. The highest BCUT2D eigenvalue weighted by Gasteiger charge is 2.25. The maximum Gasteiger partial charge on any atom is 0.350 e. The summed E-state index contributed by atoms with van der Waals surface area (Å²) in [5, 5.41) is 5.16. The number of anilines is 2.